The molecular formula is C11H19Br. The summed E-state index contributed by atoms with van der Waals surface area (Å²) in [5, 5.41) is 1.10. The molecule has 0 aromatic carbocycles. The van der Waals surface area contributed by atoms with E-state index in [-0.39, 0.29) is 0 Å². The Morgan fingerprint density at radius 3 is 2.33 bits per heavy atom. The Hall–Kier alpha value is -0.0400. The average molecular weight is 231 g/mol. The van der Waals surface area contributed by atoms with Crippen LogP contribution >= 0.6 is 15.9 Å². The van der Waals surface area contributed by atoms with Gasteiger partial charge in [-0.3, -0.25) is 0 Å². The van der Waals surface area contributed by atoms with Crippen LogP contribution in [0.4, 0.5) is 0 Å². The summed E-state index contributed by atoms with van der Waals surface area (Å²) in [6.07, 6.45) is 11.1. The third-order valence-corrected chi connectivity index (χ3v) is 1.91. The highest BCUT2D eigenvalue weighted by atomic mass is 79.9. The largest absolute Gasteiger partial charge is 0.0928 e. The summed E-state index contributed by atoms with van der Waals surface area (Å²) >= 11 is 3.40. The fourth-order valence-corrected chi connectivity index (χ4v) is 1.04. The van der Waals surface area contributed by atoms with E-state index in [0.717, 1.165) is 5.33 Å². The highest BCUT2D eigenvalue weighted by Gasteiger charge is 2.01. The highest BCUT2D eigenvalue weighted by molar-refractivity contribution is 9.09. The van der Waals surface area contributed by atoms with E-state index in [1.165, 1.54) is 12.8 Å². The third kappa shape index (κ3) is 9.96. The quantitative estimate of drug-likeness (QED) is 0.384. The molecule has 0 aliphatic carbocycles. The molecule has 0 rings (SSSR count). The Bertz CT molecular complexity index is 149. The second-order valence-corrected chi connectivity index (χ2v) is 4.78. The summed E-state index contributed by atoms with van der Waals surface area (Å²) in [6.45, 7) is 6.61. The van der Waals surface area contributed by atoms with Crippen LogP contribution in [0.2, 0.25) is 0 Å². The third-order valence-electron chi connectivity index (χ3n) is 1.35. The lowest BCUT2D eigenvalue weighted by Gasteiger charge is -2.09. The maximum Gasteiger partial charge on any atom is 0.00342 e. The molecule has 0 amide bonds. The van der Waals surface area contributed by atoms with Gasteiger partial charge in [0.05, 0.1) is 0 Å². The van der Waals surface area contributed by atoms with E-state index < -0.39 is 0 Å². The summed E-state index contributed by atoms with van der Waals surface area (Å²) in [5.41, 5.74) is 0.305. The van der Waals surface area contributed by atoms with Crippen LogP contribution in [0.3, 0.4) is 0 Å². The molecule has 0 fully saturated rings. The van der Waals surface area contributed by atoms with Gasteiger partial charge in [-0.1, -0.05) is 61.0 Å². The van der Waals surface area contributed by atoms with Gasteiger partial charge >= 0.3 is 0 Å². The fraction of sp³-hybridized carbons (Fsp3) is 0.636. The number of unbranched alkanes of at least 4 members (excludes halogenated alkanes) is 1. The molecule has 0 radical (unpaired) electrons. The maximum absolute atomic E-state index is 3.40. The van der Waals surface area contributed by atoms with Crippen LogP contribution in [0.1, 0.15) is 33.6 Å². The molecule has 0 atom stereocenters. The molecule has 0 spiro atoms. The molecule has 0 nitrogen and oxygen atoms in total. The smallest absolute Gasteiger partial charge is 0.00342 e. The van der Waals surface area contributed by atoms with Crippen LogP contribution in [0.15, 0.2) is 24.3 Å². The molecule has 0 heterocycles. The fourth-order valence-electron chi connectivity index (χ4n) is 0.714. The van der Waals surface area contributed by atoms with Crippen molar-refractivity contribution < 1.29 is 0 Å². The van der Waals surface area contributed by atoms with Crippen molar-refractivity contribution >= 4 is 15.9 Å². The van der Waals surface area contributed by atoms with Gasteiger partial charge in [0, 0.05) is 5.33 Å². The standard InChI is InChI=1S/C11H19Br/c1-11(2,3)9-7-5-4-6-8-10-12/h4-5,7,9H,6,8,10H2,1-3H3. The number of alkyl halides is 1. The molecular weight excluding hydrogens is 212 g/mol. The Morgan fingerprint density at radius 1 is 1.17 bits per heavy atom. The first-order valence-corrected chi connectivity index (χ1v) is 5.59. The SMILES string of the molecule is CC(C)(C)C=CC=CCCCBr. The predicted molar refractivity (Wildman–Crippen MR) is 60.8 cm³/mol. The minimum atomic E-state index is 0.305. The van der Waals surface area contributed by atoms with Crippen molar-refractivity contribution in [2.45, 2.75) is 33.6 Å². The van der Waals surface area contributed by atoms with Gasteiger partial charge in [-0.25, -0.2) is 0 Å². The van der Waals surface area contributed by atoms with Crippen molar-refractivity contribution in [1.29, 1.82) is 0 Å². The lowest BCUT2D eigenvalue weighted by Crippen LogP contribution is -1.97. The van der Waals surface area contributed by atoms with Crippen molar-refractivity contribution in [2.24, 2.45) is 5.41 Å². The normalized spacial score (nSPS) is 13.3. The van der Waals surface area contributed by atoms with E-state index in [1.54, 1.807) is 0 Å². The van der Waals surface area contributed by atoms with E-state index in [1.807, 2.05) is 0 Å². The van der Waals surface area contributed by atoms with E-state index in [2.05, 4.69) is 61.0 Å². The van der Waals surface area contributed by atoms with Gasteiger partial charge in [-0.2, -0.15) is 0 Å². The molecule has 1 heteroatoms. The monoisotopic (exact) mass is 230 g/mol. The first kappa shape index (κ1) is 12.0. The number of halogens is 1. The zero-order valence-corrected chi connectivity index (χ0v) is 9.89. The van der Waals surface area contributed by atoms with E-state index in [9.17, 15) is 0 Å². The van der Waals surface area contributed by atoms with Gasteiger partial charge in [0.15, 0.2) is 0 Å². The number of allylic oxidation sites excluding steroid dienone is 4. The molecule has 0 unspecified atom stereocenters. The summed E-state index contributed by atoms with van der Waals surface area (Å²) in [5.74, 6) is 0. The Balaban J connectivity index is 3.53. The molecule has 0 saturated heterocycles. The van der Waals surface area contributed by atoms with Gasteiger partial charge in [-0.05, 0) is 18.3 Å². The molecule has 0 aromatic heterocycles. The molecule has 0 aromatic rings. The average Bonchev–Trinajstić information content (AvgIpc) is 1.94. The molecule has 0 saturated carbocycles. The Labute approximate surface area is 84.9 Å². The number of hydrogen-bond acceptors (Lipinski definition) is 0. The van der Waals surface area contributed by atoms with Crippen LogP contribution < -0.4 is 0 Å². The molecule has 0 aliphatic heterocycles. The number of rotatable bonds is 4. The maximum atomic E-state index is 3.40. The van der Waals surface area contributed by atoms with E-state index >= 15 is 0 Å². The molecule has 12 heavy (non-hydrogen) atoms. The van der Waals surface area contributed by atoms with Gasteiger partial charge in [-0.15, -0.1) is 0 Å². The van der Waals surface area contributed by atoms with E-state index in [0.29, 0.717) is 5.41 Å². The van der Waals surface area contributed by atoms with Crippen LogP contribution in [-0.4, -0.2) is 5.33 Å². The minimum Gasteiger partial charge on any atom is -0.0928 e. The molecule has 70 valence electrons. The zero-order chi connectivity index (χ0) is 9.45. The minimum absolute atomic E-state index is 0.305. The van der Waals surface area contributed by atoms with Crippen LogP contribution in [0.25, 0.3) is 0 Å². The van der Waals surface area contributed by atoms with Gasteiger partial charge < -0.3 is 0 Å². The van der Waals surface area contributed by atoms with Crippen LogP contribution in [-0.2, 0) is 0 Å². The highest BCUT2D eigenvalue weighted by Crippen LogP contribution is 2.14. The van der Waals surface area contributed by atoms with Crippen LogP contribution in [0.5, 0.6) is 0 Å². The number of hydrogen-bond donors (Lipinski definition) is 0. The molecule has 0 bridgehead atoms. The summed E-state index contributed by atoms with van der Waals surface area (Å²) in [7, 11) is 0. The summed E-state index contributed by atoms with van der Waals surface area (Å²) < 4.78 is 0. The summed E-state index contributed by atoms with van der Waals surface area (Å²) in [4.78, 5) is 0. The predicted octanol–water partition coefficient (Wildman–Crippen LogP) is 4.32. The van der Waals surface area contributed by atoms with Crippen molar-refractivity contribution in [2.75, 3.05) is 5.33 Å². The second-order valence-electron chi connectivity index (χ2n) is 3.98. The van der Waals surface area contributed by atoms with Gasteiger partial charge in [0.2, 0.25) is 0 Å². The Morgan fingerprint density at radius 2 is 1.83 bits per heavy atom. The molecule has 0 aliphatic rings. The van der Waals surface area contributed by atoms with Crippen molar-refractivity contribution in [3.8, 4) is 0 Å². The van der Waals surface area contributed by atoms with Crippen LogP contribution in [0, 0.1) is 5.41 Å². The lowest BCUT2D eigenvalue weighted by molar-refractivity contribution is 0.544. The van der Waals surface area contributed by atoms with Gasteiger partial charge in [0.1, 0.15) is 0 Å². The van der Waals surface area contributed by atoms with E-state index in [4.69, 9.17) is 0 Å². The first-order valence-electron chi connectivity index (χ1n) is 4.46. The van der Waals surface area contributed by atoms with Crippen molar-refractivity contribution in [1.82, 2.24) is 0 Å². The van der Waals surface area contributed by atoms with Crippen molar-refractivity contribution in [3.05, 3.63) is 24.3 Å². The zero-order valence-electron chi connectivity index (χ0n) is 8.31. The topological polar surface area (TPSA) is 0 Å². The van der Waals surface area contributed by atoms with Crippen molar-refractivity contribution in [3.63, 3.8) is 0 Å². The first-order chi connectivity index (χ1) is 5.56. The Kier molecular flexibility index (Phi) is 6.45. The second kappa shape index (κ2) is 6.47. The molecule has 0 N–H and O–H groups in total. The lowest BCUT2D eigenvalue weighted by atomic mass is 9.96. The summed E-state index contributed by atoms with van der Waals surface area (Å²) in [6, 6.07) is 0. The van der Waals surface area contributed by atoms with Gasteiger partial charge in [0.25, 0.3) is 0 Å².